The number of hydrogen-bond donors (Lipinski definition) is 2. The first-order valence-corrected chi connectivity index (χ1v) is 5.16. The monoisotopic (exact) mass is 227 g/mol. The number of H-pyrrole nitrogens is 1. The van der Waals surface area contributed by atoms with Crippen LogP contribution in [0.15, 0.2) is 0 Å². The molecule has 0 aromatic carbocycles. The molecule has 2 heterocycles. The summed E-state index contributed by atoms with van der Waals surface area (Å²) in [5, 5.41) is 6.50. The third kappa shape index (κ3) is 1.74. The van der Waals surface area contributed by atoms with Gasteiger partial charge < -0.3 is 10.6 Å². The maximum atomic E-state index is 11.3. The average molecular weight is 227 g/mol. The van der Waals surface area contributed by atoms with Gasteiger partial charge in [-0.2, -0.15) is 0 Å². The standard InChI is InChI=1S/C8H13N5OS/c1-12-4-5(2-3-6(12)14)13-7(9)10-11-8(13)15/h5H,2-4H2,1H3,(H2,9,10)(H,11,15). The van der Waals surface area contributed by atoms with Crippen molar-refractivity contribution in [1.29, 1.82) is 0 Å². The number of likely N-dealkylation sites (tertiary alicyclic amines) is 1. The molecule has 0 radical (unpaired) electrons. The second-order valence-electron chi connectivity index (χ2n) is 3.72. The van der Waals surface area contributed by atoms with Crippen LogP contribution in [-0.4, -0.2) is 39.2 Å². The molecule has 0 bridgehead atoms. The summed E-state index contributed by atoms with van der Waals surface area (Å²) < 4.78 is 2.29. The molecule has 6 nitrogen and oxygen atoms in total. The van der Waals surface area contributed by atoms with Crippen molar-refractivity contribution in [1.82, 2.24) is 19.7 Å². The molecular formula is C8H13N5OS. The predicted molar refractivity (Wildman–Crippen MR) is 57.7 cm³/mol. The van der Waals surface area contributed by atoms with Gasteiger partial charge in [0.05, 0.1) is 6.04 Å². The number of nitrogens with zero attached hydrogens (tertiary/aromatic N) is 3. The van der Waals surface area contributed by atoms with Crippen LogP contribution in [0.25, 0.3) is 0 Å². The SMILES string of the molecule is CN1CC(n2c(N)n[nH]c2=S)CCC1=O. The Labute approximate surface area is 92.1 Å². The summed E-state index contributed by atoms with van der Waals surface area (Å²) >= 11 is 5.08. The molecule has 1 atom stereocenters. The zero-order valence-electron chi connectivity index (χ0n) is 8.43. The van der Waals surface area contributed by atoms with Crippen LogP contribution in [0.4, 0.5) is 5.95 Å². The Hall–Kier alpha value is -1.37. The number of hydrogen-bond acceptors (Lipinski definition) is 4. The Morgan fingerprint density at radius 2 is 2.40 bits per heavy atom. The maximum absolute atomic E-state index is 11.3. The highest BCUT2D eigenvalue weighted by Crippen LogP contribution is 2.23. The predicted octanol–water partition coefficient (Wildman–Crippen LogP) is 0.316. The molecule has 0 aliphatic carbocycles. The van der Waals surface area contributed by atoms with Gasteiger partial charge in [0.2, 0.25) is 11.9 Å². The van der Waals surface area contributed by atoms with Crippen LogP contribution < -0.4 is 5.73 Å². The minimum atomic E-state index is 0.138. The van der Waals surface area contributed by atoms with E-state index < -0.39 is 0 Å². The van der Waals surface area contributed by atoms with Gasteiger partial charge >= 0.3 is 0 Å². The lowest BCUT2D eigenvalue weighted by atomic mass is 10.1. The molecule has 1 aromatic heterocycles. The molecule has 3 N–H and O–H groups in total. The van der Waals surface area contributed by atoms with Gasteiger partial charge in [0.25, 0.3) is 0 Å². The highest BCUT2D eigenvalue weighted by atomic mass is 32.1. The van der Waals surface area contributed by atoms with Crippen LogP contribution in [0, 0.1) is 4.77 Å². The summed E-state index contributed by atoms with van der Waals surface area (Å²) in [6.45, 7) is 0.636. The Balaban J connectivity index is 2.26. The van der Waals surface area contributed by atoms with Gasteiger partial charge in [0, 0.05) is 20.0 Å². The number of piperidine rings is 1. The van der Waals surface area contributed by atoms with E-state index in [0.29, 0.717) is 23.7 Å². The number of aromatic nitrogens is 3. The van der Waals surface area contributed by atoms with Crippen LogP contribution in [-0.2, 0) is 4.79 Å². The lowest BCUT2D eigenvalue weighted by Crippen LogP contribution is -2.38. The van der Waals surface area contributed by atoms with E-state index in [4.69, 9.17) is 18.0 Å². The van der Waals surface area contributed by atoms with E-state index in [0.717, 1.165) is 6.42 Å². The van der Waals surface area contributed by atoms with E-state index in [9.17, 15) is 4.79 Å². The highest BCUT2D eigenvalue weighted by molar-refractivity contribution is 7.71. The minimum Gasteiger partial charge on any atom is -0.368 e. The average Bonchev–Trinajstić information content (AvgIpc) is 2.52. The fourth-order valence-electron chi connectivity index (χ4n) is 1.87. The molecule has 1 aliphatic rings. The van der Waals surface area contributed by atoms with Gasteiger partial charge in [0.1, 0.15) is 0 Å². The van der Waals surface area contributed by atoms with Crippen LogP contribution in [0.3, 0.4) is 0 Å². The fraction of sp³-hybridized carbons (Fsp3) is 0.625. The largest absolute Gasteiger partial charge is 0.368 e. The zero-order chi connectivity index (χ0) is 11.0. The van der Waals surface area contributed by atoms with Crippen molar-refractivity contribution in [3.63, 3.8) is 0 Å². The normalized spacial score (nSPS) is 22.1. The molecule has 82 valence electrons. The van der Waals surface area contributed by atoms with Crippen LogP contribution >= 0.6 is 12.2 Å². The third-order valence-corrected chi connectivity index (χ3v) is 2.99. The summed E-state index contributed by atoms with van der Waals surface area (Å²) in [7, 11) is 1.79. The Bertz CT molecular complexity index is 436. The molecule has 1 saturated heterocycles. The molecular weight excluding hydrogens is 214 g/mol. The quantitative estimate of drug-likeness (QED) is 0.677. The molecule has 15 heavy (non-hydrogen) atoms. The van der Waals surface area contributed by atoms with Gasteiger partial charge in [-0.3, -0.25) is 9.36 Å². The lowest BCUT2D eigenvalue weighted by molar-refractivity contribution is -0.132. The van der Waals surface area contributed by atoms with Crippen LogP contribution in [0.1, 0.15) is 18.9 Å². The maximum Gasteiger partial charge on any atom is 0.222 e. The Morgan fingerprint density at radius 3 is 2.93 bits per heavy atom. The van der Waals surface area contributed by atoms with Gasteiger partial charge in [0.15, 0.2) is 4.77 Å². The van der Waals surface area contributed by atoms with Crippen molar-refractivity contribution in [2.75, 3.05) is 19.3 Å². The van der Waals surface area contributed by atoms with Gasteiger partial charge in [-0.25, -0.2) is 5.10 Å². The zero-order valence-corrected chi connectivity index (χ0v) is 9.25. The number of anilines is 1. The van der Waals surface area contributed by atoms with Gasteiger partial charge in [-0.05, 0) is 18.6 Å². The van der Waals surface area contributed by atoms with E-state index >= 15 is 0 Å². The second kappa shape index (κ2) is 3.65. The van der Waals surface area contributed by atoms with E-state index in [1.165, 1.54) is 0 Å². The number of carbonyl (C=O) groups excluding carboxylic acids is 1. The van der Waals surface area contributed by atoms with Crippen LogP contribution in [0.5, 0.6) is 0 Å². The van der Waals surface area contributed by atoms with Crippen molar-refractivity contribution in [3.05, 3.63) is 4.77 Å². The summed E-state index contributed by atoms with van der Waals surface area (Å²) in [5.41, 5.74) is 5.70. The van der Waals surface area contributed by atoms with Gasteiger partial charge in [-0.15, -0.1) is 5.10 Å². The first-order valence-electron chi connectivity index (χ1n) is 4.76. The lowest BCUT2D eigenvalue weighted by Gasteiger charge is -2.30. The van der Waals surface area contributed by atoms with Crippen molar-refractivity contribution in [2.45, 2.75) is 18.9 Å². The van der Waals surface area contributed by atoms with Gasteiger partial charge in [-0.1, -0.05) is 0 Å². The van der Waals surface area contributed by atoms with E-state index in [-0.39, 0.29) is 11.9 Å². The Kier molecular flexibility index (Phi) is 2.47. The molecule has 1 aromatic rings. The molecule has 0 saturated carbocycles. The van der Waals surface area contributed by atoms with E-state index in [1.807, 2.05) is 0 Å². The number of amides is 1. The number of nitrogens with one attached hydrogen (secondary N) is 1. The first-order chi connectivity index (χ1) is 7.09. The number of rotatable bonds is 1. The topological polar surface area (TPSA) is 79.9 Å². The number of aromatic amines is 1. The summed E-state index contributed by atoms with van der Waals surface area (Å²) in [6, 6.07) is 0.138. The molecule has 2 rings (SSSR count). The number of likely N-dealkylation sites (N-methyl/N-ethyl adjacent to an activating group) is 1. The van der Waals surface area contributed by atoms with Crippen molar-refractivity contribution < 1.29 is 4.79 Å². The molecule has 1 aliphatic heterocycles. The van der Waals surface area contributed by atoms with Crippen LogP contribution in [0.2, 0.25) is 0 Å². The fourth-order valence-corrected chi connectivity index (χ4v) is 2.16. The molecule has 1 unspecified atom stereocenters. The van der Waals surface area contributed by atoms with Crippen molar-refractivity contribution >= 4 is 24.1 Å². The summed E-state index contributed by atoms with van der Waals surface area (Å²) in [5.74, 6) is 0.549. The smallest absolute Gasteiger partial charge is 0.222 e. The second-order valence-corrected chi connectivity index (χ2v) is 4.11. The van der Waals surface area contributed by atoms with Crippen molar-refractivity contribution in [3.8, 4) is 0 Å². The number of nitrogen functional groups attached to an aromatic ring is 1. The van der Waals surface area contributed by atoms with Crippen molar-refractivity contribution in [2.24, 2.45) is 0 Å². The van der Waals surface area contributed by atoms with E-state index in [2.05, 4.69) is 10.2 Å². The summed E-state index contributed by atoms with van der Waals surface area (Å²) in [4.78, 5) is 13.0. The molecule has 1 amide bonds. The number of nitrogens with two attached hydrogens (primary N) is 1. The number of carbonyl (C=O) groups is 1. The molecule has 7 heteroatoms. The van der Waals surface area contributed by atoms with E-state index in [1.54, 1.807) is 16.5 Å². The molecule has 1 fully saturated rings. The molecule has 0 spiro atoms. The Morgan fingerprint density at radius 1 is 1.67 bits per heavy atom. The first kappa shape index (κ1) is 10.2. The third-order valence-electron chi connectivity index (χ3n) is 2.70. The summed E-state index contributed by atoms with van der Waals surface area (Å²) in [6.07, 6.45) is 1.30. The minimum absolute atomic E-state index is 0.138. The highest BCUT2D eigenvalue weighted by Gasteiger charge is 2.25.